The first kappa shape index (κ1) is 26.5. The predicted octanol–water partition coefficient (Wildman–Crippen LogP) is 5.37. The third-order valence-electron chi connectivity index (χ3n) is 4.90. The Hall–Kier alpha value is -4.12. The first-order valence-corrected chi connectivity index (χ1v) is 10.6. The van der Waals surface area contributed by atoms with Gasteiger partial charge < -0.3 is 21.1 Å². The first-order chi connectivity index (χ1) is 17.0. The van der Waals surface area contributed by atoms with Gasteiger partial charge in [-0.3, -0.25) is 4.79 Å². The van der Waals surface area contributed by atoms with E-state index in [0.717, 1.165) is 12.1 Å². The number of carbonyl (C=O) groups excluding carboxylic acids is 2. The van der Waals surface area contributed by atoms with E-state index >= 15 is 0 Å². The molecule has 188 valence electrons. The largest absolute Gasteiger partial charge is 0.496 e. The zero-order valence-corrected chi connectivity index (χ0v) is 19.4. The van der Waals surface area contributed by atoms with Gasteiger partial charge in [-0.2, -0.15) is 18.2 Å². The van der Waals surface area contributed by atoms with Gasteiger partial charge in [0.25, 0.3) is 5.91 Å². The summed E-state index contributed by atoms with van der Waals surface area (Å²) in [7, 11) is 1.30. The summed E-state index contributed by atoms with van der Waals surface area (Å²) in [5.41, 5.74) is 4.50. The number of benzene rings is 3. The van der Waals surface area contributed by atoms with E-state index in [1.54, 1.807) is 0 Å². The molecule has 3 rings (SSSR count). The molecule has 4 N–H and O–H groups in total. The number of hydrogen-bond acceptors (Lipinski definition) is 3. The lowest BCUT2D eigenvalue weighted by Gasteiger charge is -2.14. The molecule has 0 spiro atoms. The normalized spacial score (nSPS) is 11.7. The van der Waals surface area contributed by atoms with E-state index in [-0.39, 0.29) is 33.1 Å². The molecule has 36 heavy (non-hydrogen) atoms. The van der Waals surface area contributed by atoms with Crippen LogP contribution in [-0.4, -0.2) is 24.9 Å². The third kappa shape index (κ3) is 6.30. The van der Waals surface area contributed by atoms with E-state index in [2.05, 4.69) is 15.6 Å². The highest BCUT2D eigenvalue weighted by molar-refractivity contribution is 6.34. The molecule has 0 aliphatic carbocycles. The van der Waals surface area contributed by atoms with Crippen LogP contribution in [0, 0.1) is 5.82 Å². The Morgan fingerprint density at radius 2 is 1.81 bits per heavy atom. The summed E-state index contributed by atoms with van der Waals surface area (Å²) < 4.78 is 58.8. The van der Waals surface area contributed by atoms with Crippen LogP contribution in [0.25, 0.3) is 0 Å². The van der Waals surface area contributed by atoms with E-state index in [9.17, 15) is 27.2 Å². The van der Waals surface area contributed by atoms with Crippen molar-refractivity contribution in [1.82, 2.24) is 5.32 Å². The van der Waals surface area contributed by atoms with Crippen molar-refractivity contribution in [3.63, 3.8) is 0 Å². The van der Waals surface area contributed by atoms with Crippen molar-refractivity contribution in [2.24, 2.45) is 10.7 Å². The Bertz CT molecular complexity index is 1310. The van der Waals surface area contributed by atoms with E-state index < -0.39 is 41.9 Å². The van der Waals surface area contributed by atoms with Crippen LogP contribution >= 0.6 is 11.6 Å². The molecular weight excluding hydrogens is 504 g/mol. The molecule has 0 aliphatic heterocycles. The summed E-state index contributed by atoms with van der Waals surface area (Å²) in [6.45, 7) is -0.404. The van der Waals surface area contributed by atoms with Crippen LogP contribution in [0.4, 0.5) is 28.0 Å². The second-order valence-corrected chi connectivity index (χ2v) is 7.68. The molecule has 3 aromatic carbocycles. The Labute approximate surface area is 207 Å². The fraction of sp³-hybridized carbons (Fsp3) is 0.125. The maximum absolute atomic E-state index is 14.0. The summed E-state index contributed by atoms with van der Waals surface area (Å²) in [5.74, 6) is -1.88. The smallest absolute Gasteiger partial charge is 0.416 e. The molecule has 3 amide bonds. The van der Waals surface area contributed by atoms with E-state index in [1.165, 1.54) is 55.6 Å². The first-order valence-electron chi connectivity index (χ1n) is 10.2. The lowest BCUT2D eigenvalue weighted by atomic mass is 10.1. The number of amides is 3. The predicted molar refractivity (Wildman–Crippen MR) is 127 cm³/mol. The van der Waals surface area contributed by atoms with Gasteiger partial charge >= 0.3 is 12.2 Å². The van der Waals surface area contributed by atoms with Gasteiger partial charge in [0.1, 0.15) is 17.4 Å². The van der Waals surface area contributed by atoms with Crippen molar-refractivity contribution < 1.29 is 31.9 Å². The molecule has 0 aliphatic rings. The van der Waals surface area contributed by atoms with Crippen LogP contribution in [0.3, 0.4) is 0 Å². The van der Waals surface area contributed by atoms with Gasteiger partial charge in [0.05, 0.1) is 28.8 Å². The minimum Gasteiger partial charge on any atom is -0.496 e. The molecule has 0 heterocycles. The van der Waals surface area contributed by atoms with Crippen LogP contribution in [0.2, 0.25) is 5.02 Å². The van der Waals surface area contributed by atoms with Crippen LogP contribution < -0.4 is 21.1 Å². The average molecular weight is 523 g/mol. The molecule has 0 unspecified atom stereocenters. The number of aliphatic imine (C=N–C) groups is 1. The van der Waals surface area contributed by atoms with Gasteiger partial charge in [-0.05, 0) is 42.0 Å². The molecule has 0 atom stereocenters. The lowest BCUT2D eigenvalue weighted by Crippen LogP contribution is -2.25. The number of carbonyl (C=O) groups is 2. The molecule has 0 bridgehead atoms. The van der Waals surface area contributed by atoms with Crippen molar-refractivity contribution in [1.29, 1.82) is 0 Å². The van der Waals surface area contributed by atoms with Crippen molar-refractivity contribution in [2.75, 3.05) is 12.4 Å². The number of rotatable bonds is 6. The number of anilines is 1. The minimum absolute atomic E-state index is 0.0421. The van der Waals surface area contributed by atoms with Gasteiger partial charge in [-0.1, -0.05) is 35.9 Å². The number of hydrogen-bond donors (Lipinski definition) is 3. The van der Waals surface area contributed by atoms with Gasteiger partial charge in [0.2, 0.25) is 0 Å². The lowest BCUT2D eigenvalue weighted by molar-refractivity contribution is -0.138. The molecular formula is C24H19ClF4N4O3. The molecule has 12 heteroatoms. The highest BCUT2D eigenvalue weighted by Gasteiger charge is 2.33. The number of nitrogens with zero attached hydrogens (tertiary/aromatic N) is 1. The second kappa shape index (κ2) is 11.1. The van der Waals surface area contributed by atoms with E-state index in [4.69, 9.17) is 22.1 Å². The number of nitrogens with one attached hydrogen (secondary N) is 2. The molecule has 0 aromatic heterocycles. The van der Waals surface area contributed by atoms with Gasteiger partial charge in [-0.15, -0.1) is 0 Å². The Morgan fingerprint density at radius 1 is 1.08 bits per heavy atom. The summed E-state index contributed by atoms with van der Waals surface area (Å²) in [4.78, 5) is 28.6. The topological polar surface area (TPSA) is 106 Å². The number of alkyl halides is 3. The number of amidine groups is 1. The van der Waals surface area contributed by atoms with Crippen LogP contribution in [0.5, 0.6) is 5.75 Å². The minimum atomic E-state index is -4.58. The maximum atomic E-state index is 14.0. The van der Waals surface area contributed by atoms with Crippen molar-refractivity contribution in [3.8, 4) is 5.75 Å². The van der Waals surface area contributed by atoms with Crippen LogP contribution in [0.15, 0.2) is 65.7 Å². The van der Waals surface area contributed by atoms with Crippen molar-refractivity contribution in [2.45, 2.75) is 12.7 Å². The number of urea groups is 1. The molecule has 0 saturated carbocycles. The number of nitrogens with two attached hydrogens (primary N) is 1. The maximum Gasteiger partial charge on any atom is 0.416 e. The van der Waals surface area contributed by atoms with Crippen molar-refractivity contribution in [3.05, 3.63) is 93.8 Å². The summed E-state index contributed by atoms with van der Waals surface area (Å²) in [6.07, 6.45) is -4.58. The fourth-order valence-corrected chi connectivity index (χ4v) is 3.50. The highest BCUT2D eigenvalue weighted by atomic mass is 35.5. The monoisotopic (exact) mass is 522 g/mol. The standard InChI is InChI=1S/C24H19ClF4N4O3/c1-36-19-10-9-14(32-23(35)33-21(30)20-17(25)7-4-8-18(20)26)11-15(19)22(34)31-12-13-5-2-3-6-16(13)24(27,28)29/h2-11H,12H2,1H3,(H,31,34)(H3,30,32,33,35). The highest BCUT2D eigenvalue weighted by Crippen LogP contribution is 2.32. The summed E-state index contributed by atoms with van der Waals surface area (Å²) in [5, 5.41) is 4.75. The van der Waals surface area contributed by atoms with E-state index in [1.807, 2.05) is 0 Å². The fourth-order valence-electron chi connectivity index (χ4n) is 3.24. The van der Waals surface area contributed by atoms with E-state index in [0.29, 0.717) is 0 Å². The quantitative estimate of drug-likeness (QED) is 0.230. The van der Waals surface area contributed by atoms with Gasteiger partial charge in [0, 0.05) is 12.2 Å². The zero-order chi connectivity index (χ0) is 26.5. The average Bonchev–Trinajstić information content (AvgIpc) is 2.82. The van der Waals surface area contributed by atoms with Gasteiger partial charge in [0.15, 0.2) is 0 Å². The molecule has 3 aromatic rings. The number of halogens is 5. The summed E-state index contributed by atoms with van der Waals surface area (Å²) >= 11 is 5.91. The van der Waals surface area contributed by atoms with Crippen LogP contribution in [0.1, 0.15) is 27.0 Å². The SMILES string of the molecule is COc1ccc(NC(=O)/N=C(\N)c2c(F)cccc2Cl)cc1C(=O)NCc1ccccc1C(F)(F)F. The Morgan fingerprint density at radius 3 is 2.47 bits per heavy atom. The van der Waals surface area contributed by atoms with Crippen molar-refractivity contribution >= 4 is 35.1 Å². The Balaban J connectivity index is 1.78. The third-order valence-corrected chi connectivity index (χ3v) is 5.21. The number of ether oxygens (including phenoxy) is 1. The zero-order valence-electron chi connectivity index (χ0n) is 18.6. The van der Waals surface area contributed by atoms with Gasteiger partial charge in [-0.25, -0.2) is 9.18 Å². The molecule has 0 saturated heterocycles. The summed E-state index contributed by atoms with van der Waals surface area (Å²) in [6, 6.07) is 11.7. The van der Waals surface area contributed by atoms with Crippen LogP contribution in [-0.2, 0) is 12.7 Å². The second-order valence-electron chi connectivity index (χ2n) is 7.28. The molecule has 0 fully saturated rings. The Kier molecular flexibility index (Phi) is 8.15. The molecule has 0 radical (unpaired) electrons. The number of methoxy groups -OCH3 is 1. The molecule has 7 nitrogen and oxygen atoms in total.